The smallest absolute Gasteiger partial charge is 0.234 e. The van der Waals surface area contributed by atoms with E-state index in [9.17, 15) is 4.79 Å². The largest absolute Gasteiger partial charge is 0.453 e. The topological polar surface area (TPSA) is 73.0 Å². The molecule has 1 amide bonds. The molecule has 6 nitrogen and oxygen atoms in total. The van der Waals surface area contributed by atoms with Crippen LogP contribution >= 0.6 is 46.0 Å². The molecule has 0 atom stereocenters. The molecule has 0 bridgehead atoms. The Labute approximate surface area is 195 Å². The minimum atomic E-state index is -0.116. The highest BCUT2D eigenvalue weighted by Crippen LogP contribution is 2.30. The van der Waals surface area contributed by atoms with E-state index < -0.39 is 0 Å². The van der Waals surface area contributed by atoms with Crippen molar-refractivity contribution in [2.24, 2.45) is 0 Å². The summed E-state index contributed by atoms with van der Waals surface area (Å²) in [7, 11) is 0. The molecule has 0 fully saturated rings. The average molecular weight is 551 g/mol. The van der Waals surface area contributed by atoms with Crippen LogP contribution in [0.5, 0.6) is 0 Å². The number of amides is 1. The molecule has 0 aliphatic carbocycles. The van der Waals surface area contributed by atoms with Crippen LogP contribution in [0.1, 0.15) is 0 Å². The lowest BCUT2D eigenvalue weighted by molar-refractivity contribution is -0.113. The summed E-state index contributed by atoms with van der Waals surface area (Å²) in [6.07, 6.45) is 1.75. The molecule has 0 unspecified atom stereocenters. The predicted octanol–water partition coefficient (Wildman–Crippen LogP) is 5.87. The Morgan fingerprint density at radius 1 is 1.23 bits per heavy atom. The van der Waals surface area contributed by atoms with Crippen LogP contribution in [0.3, 0.4) is 0 Å². The molecular weight excluding hydrogens is 535 g/mol. The lowest BCUT2D eigenvalue weighted by Gasteiger charge is -2.07. The highest BCUT2D eigenvalue weighted by atomic mass is 127. The van der Waals surface area contributed by atoms with Gasteiger partial charge in [0.1, 0.15) is 5.58 Å². The van der Waals surface area contributed by atoms with E-state index in [2.05, 4.69) is 44.7 Å². The molecule has 0 radical (unpaired) electrons. The van der Waals surface area contributed by atoms with Crippen molar-refractivity contribution in [2.45, 2.75) is 11.7 Å². The minimum absolute atomic E-state index is 0.116. The number of rotatable bonds is 7. The number of anilines is 1. The van der Waals surface area contributed by atoms with Crippen molar-refractivity contribution >= 4 is 68.5 Å². The van der Waals surface area contributed by atoms with E-state index in [4.69, 9.17) is 16.0 Å². The van der Waals surface area contributed by atoms with Gasteiger partial charge in [0.25, 0.3) is 0 Å². The molecule has 4 aromatic rings. The summed E-state index contributed by atoms with van der Waals surface area (Å²) in [5.74, 6) is 1.24. The van der Waals surface area contributed by atoms with Crippen molar-refractivity contribution < 1.29 is 9.21 Å². The van der Waals surface area contributed by atoms with Crippen LogP contribution in [0, 0.1) is 3.57 Å². The summed E-state index contributed by atoms with van der Waals surface area (Å²) in [6, 6.07) is 14.9. The molecule has 2 aromatic carbocycles. The van der Waals surface area contributed by atoms with Gasteiger partial charge < -0.3 is 9.73 Å². The number of hydrogen-bond acceptors (Lipinski definition) is 5. The quantitative estimate of drug-likeness (QED) is 0.177. The van der Waals surface area contributed by atoms with E-state index in [1.807, 2.05) is 47.0 Å². The maximum atomic E-state index is 12.3. The third kappa shape index (κ3) is 4.71. The predicted molar refractivity (Wildman–Crippen MR) is 129 cm³/mol. The number of furan rings is 1. The zero-order chi connectivity index (χ0) is 21.1. The highest BCUT2D eigenvalue weighted by Gasteiger charge is 2.18. The molecule has 0 saturated carbocycles. The fourth-order valence-electron chi connectivity index (χ4n) is 2.86. The van der Waals surface area contributed by atoms with E-state index in [1.165, 1.54) is 11.8 Å². The van der Waals surface area contributed by atoms with E-state index in [-0.39, 0.29) is 11.7 Å². The number of thioether (sulfide) groups is 1. The van der Waals surface area contributed by atoms with Gasteiger partial charge in [0, 0.05) is 26.2 Å². The van der Waals surface area contributed by atoms with E-state index in [1.54, 1.807) is 12.1 Å². The lowest BCUT2D eigenvalue weighted by Crippen LogP contribution is -2.14. The van der Waals surface area contributed by atoms with Gasteiger partial charge in [-0.3, -0.25) is 9.36 Å². The van der Waals surface area contributed by atoms with Gasteiger partial charge in [0.15, 0.2) is 10.9 Å². The van der Waals surface area contributed by atoms with Gasteiger partial charge in [0.2, 0.25) is 11.7 Å². The minimum Gasteiger partial charge on any atom is -0.453 e. The van der Waals surface area contributed by atoms with Crippen molar-refractivity contribution in [3.05, 3.63) is 69.8 Å². The van der Waals surface area contributed by atoms with Gasteiger partial charge >= 0.3 is 0 Å². The van der Waals surface area contributed by atoms with Crippen LogP contribution in [0.4, 0.5) is 5.69 Å². The first-order valence-electron chi connectivity index (χ1n) is 8.95. The average Bonchev–Trinajstić information content (AvgIpc) is 3.32. The number of carbonyl (C=O) groups excluding carboxylic acids is 1. The maximum absolute atomic E-state index is 12.3. The summed E-state index contributed by atoms with van der Waals surface area (Å²) in [5.41, 5.74) is 1.48. The third-order valence-electron chi connectivity index (χ3n) is 4.19. The van der Waals surface area contributed by atoms with Gasteiger partial charge in [-0.15, -0.1) is 16.8 Å². The number of fused-ring (bicyclic) bond motifs is 1. The second kappa shape index (κ2) is 9.23. The number of nitrogens with zero attached hydrogens (tertiary/aromatic N) is 3. The molecule has 0 spiro atoms. The van der Waals surface area contributed by atoms with Crippen LogP contribution in [-0.4, -0.2) is 26.4 Å². The Hall–Kier alpha value is -2.30. The summed E-state index contributed by atoms with van der Waals surface area (Å²) >= 11 is 9.60. The van der Waals surface area contributed by atoms with Crippen LogP contribution in [0.15, 0.2) is 70.8 Å². The first-order chi connectivity index (χ1) is 14.5. The second-order valence-electron chi connectivity index (χ2n) is 6.34. The molecule has 2 aromatic heterocycles. The number of aromatic nitrogens is 3. The number of allylic oxidation sites excluding steroid dienone is 1. The van der Waals surface area contributed by atoms with Crippen LogP contribution in [0.2, 0.25) is 5.02 Å². The SMILES string of the molecule is C=CCn1c(SCC(=O)Nc2ccc(I)cc2)nnc1-c1cc2cc(Cl)ccc2o1. The standard InChI is InChI=1S/C21H16ClIN4O2S/c1-2-9-27-20(18-11-13-10-14(22)3-8-17(13)29-18)25-26-21(27)30-12-19(28)24-16-6-4-15(23)5-7-16/h2-8,10-11H,1,9,12H2,(H,24,28). The number of nitrogens with one attached hydrogen (secondary N) is 1. The number of hydrogen-bond donors (Lipinski definition) is 1. The third-order valence-corrected chi connectivity index (χ3v) is 6.11. The van der Waals surface area contributed by atoms with E-state index >= 15 is 0 Å². The maximum Gasteiger partial charge on any atom is 0.234 e. The summed E-state index contributed by atoms with van der Waals surface area (Å²) in [4.78, 5) is 12.3. The molecule has 2 heterocycles. The Balaban J connectivity index is 1.52. The summed E-state index contributed by atoms with van der Waals surface area (Å²) in [5, 5.41) is 13.5. The molecule has 0 saturated heterocycles. The zero-order valence-corrected chi connectivity index (χ0v) is 19.4. The summed E-state index contributed by atoms with van der Waals surface area (Å²) in [6.45, 7) is 4.30. The van der Waals surface area contributed by atoms with Crippen molar-refractivity contribution in [3.8, 4) is 11.6 Å². The fraction of sp³-hybridized carbons (Fsp3) is 0.0952. The first-order valence-corrected chi connectivity index (χ1v) is 11.4. The molecule has 30 heavy (non-hydrogen) atoms. The second-order valence-corrected chi connectivity index (χ2v) is 8.97. The van der Waals surface area contributed by atoms with Crippen LogP contribution < -0.4 is 5.32 Å². The Kier molecular flexibility index (Phi) is 6.45. The Morgan fingerprint density at radius 3 is 2.80 bits per heavy atom. The molecule has 1 N–H and O–H groups in total. The number of carbonyl (C=O) groups is 1. The van der Waals surface area contributed by atoms with Crippen molar-refractivity contribution in [1.82, 2.24) is 14.8 Å². The molecule has 152 valence electrons. The van der Waals surface area contributed by atoms with Gasteiger partial charge in [-0.05, 0) is 71.1 Å². The van der Waals surface area contributed by atoms with Gasteiger partial charge in [-0.25, -0.2) is 0 Å². The zero-order valence-electron chi connectivity index (χ0n) is 15.6. The van der Waals surface area contributed by atoms with Crippen LogP contribution in [0.25, 0.3) is 22.6 Å². The first kappa shape index (κ1) is 21.0. The number of halogens is 2. The van der Waals surface area contributed by atoms with Gasteiger partial charge in [-0.1, -0.05) is 29.4 Å². The lowest BCUT2D eigenvalue weighted by atomic mass is 10.2. The molecule has 0 aliphatic heterocycles. The number of benzene rings is 2. The molecule has 0 aliphatic rings. The van der Waals surface area contributed by atoms with Crippen molar-refractivity contribution in [2.75, 3.05) is 11.1 Å². The monoisotopic (exact) mass is 550 g/mol. The Morgan fingerprint density at radius 2 is 2.03 bits per heavy atom. The van der Waals surface area contributed by atoms with Crippen LogP contribution in [-0.2, 0) is 11.3 Å². The van der Waals surface area contributed by atoms with Crippen molar-refractivity contribution in [1.29, 1.82) is 0 Å². The van der Waals surface area contributed by atoms with Gasteiger partial charge in [0.05, 0.1) is 5.75 Å². The van der Waals surface area contributed by atoms with Gasteiger partial charge in [-0.2, -0.15) is 0 Å². The van der Waals surface area contributed by atoms with E-state index in [0.29, 0.717) is 33.9 Å². The molecular formula is C21H16ClIN4O2S. The van der Waals surface area contributed by atoms with E-state index in [0.717, 1.165) is 14.6 Å². The molecule has 9 heteroatoms. The van der Waals surface area contributed by atoms with Crippen molar-refractivity contribution in [3.63, 3.8) is 0 Å². The fourth-order valence-corrected chi connectivity index (χ4v) is 4.14. The summed E-state index contributed by atoms with van der Waals surface area (Å²) < 4.78 is 8.90. The highest BCUT2D eigenvalue weighted by molar-refractivity contribution is 14.1. The normalized spacial score (nSPS) is 11.0. The molecule has 4 rings (SSSR count). The Bertz CT molecular complexity index is 1220.